The van der Waals surface area contributed by atoms with Gasteiger partial charge in [0, 0.05) is 38.3 Å². The van der Waals surface area contributed by atoms with Gasteiger partial charge < -0.3 is 16.0 Å². The van der Waals surface area contributed by atoms with Crippen LogP contribution in [0.1, 0.15) is 54.4 Å². The molecule has 0 aliphatic carbocycles. The van der Waals surface area contributed by atoms with E-state index in [4.69, 9.17) is 5.73 Å². The van der Waals surface area contributed by atoms with E-state index in [9.17, 15) is 14.4 Å². The number of H-pyrrole nitrogens is 1. The number of nitrogens with zero attached hydrogens (tertiary/aromatic N) is 3. The number of piperidine rings is 1. The fourth-order valence-electron chi connectivity index (χ4n) is 4.07. The molecule has 1 fully saturated rings. The van der Waals surface area contributed by atoms with Crippen molar-refractivity contribution in [3.8, 4) is 0 Å². The van der Waals surface area contributed by atoms with Gasteiger partial charge in [0.25, 0.3) is 5.56 Å². The van der Waals surface area contributed by atoms with Crippen LogP contribution < -0.4 is 27.2 Å². The molecule has 31 heavy (non-hydrogen) atoms. The summed E-state index contributed by atoms with van der Waals surface area (Å²) in [6.45, 7) is 14.8. The van der Waals surface area contributed by atoms with Crippen molar-refractivity contribution in [3.05, 3.63) is 20.8 Å². The minimum atomic E-state index is -0.614. The van der Waals surface area contributed by atoms with Crippen molar-refractivity contribution in [1.29, 1.82) is 0 Å². The third-order valence-corrected chi connectivity index (χ3v) is 5.40. The van der Waals surface area contributed by atoms with Crippen molar-refractivity contribution >= 4 is 17.4 Å². The van der Waals surface area contributed by atoms with E-state index < -0.39 is 11.2 Å². The Kier molecular flexibility index (Phi) is 8.88. The summed E-state index contributed by atoms with van der Waals surface area (Å²) in [4.78, 5) is 44.2. The van der Waals surface area contributed by atoms with E-state index in [0.29, 0.717) is 25.2 Å². The van der Waals surface area contributed by atoms with Gasteiger partial charge in [0.15, 0.2) is 5.69 Å². The van der Waals surface area contributed by atoms with Crippen LogP contribution in [-0.4, -0.2) is 58.6 Å². The predicted molar refractivity (Wildman–Crippen MR) is 125 cm³/mol. The highest BCUT2D eigenvalue weighted by molar-refractivity contribution is 5.96. The van der Waals surface area contributed by atoms with Gasteiger partial charge in [0.05, 0.1) is 6.54 Å². The number of aromatic amines is 1. The Hall–Kier alpha value is -2.13. The van der Waals surface area contributed by atoms with Crippen molar-refractivity contribution in [1.82, 2.24) is 19.8 Å². The van der Waals surface area contributed by atoms with Crippen LogP contribution in [-0.2, 0) is 11.3 Å². The topological polar surface area (TPSA) is 116 Å². The largest absolute Gasteiger partial charge is 0.383 e. The van der Waals surface area contributed by atoms with Crippen LogP contribution in [0.15, 0.2) is 9.59 Å². The monoisotopic (exact) mass is 436 g/mol. The van der Waals surface area contributed by atoms with E-state index in [1.165, 1.54) is 9.47 Å². The first-order valence-corrected chi connectivity index (χ1v) is 11.4. The standard InChI is InChI=1S/C22H40N6O3/c1-14(2)11-27(18(29)13-26-9-7-17(8-10-26)24-16(5)6)19-20(23)28(12-15(3)4)22(31)25-21(19)30/h14-17,24H,7-13,23H2,1-6H3,(H,25,30,31). The molecule has 0 aromatic carbocycles. The van der Waals surface area contributed by atoms with Crippen molar-refractivity contribution in [2.75, 3.05) is 36.8 Å². The van der Waals surface area contributed by atoms with Gasteiger partial charge in [-0.25, -0.2) is 4.79 Å². The van der Waals surface area contributed by atoms with E-state index in [2.05, 4.69) is 29.0 Å². The lowest BCUT2D eigenvalue weighted by atomic mass is 10.0. The van der Waals surface area contributed by atoms with Crippen LogP contribution in [0, 0.1) is 11.8 Å². The van der Waals surface area contributed by atoms with Gasteiger partial charge >= 0.3 is 5.69 Å². The zero-order valence-electron chi connectivity index (χ0n) is 19.9. The average Bonchev–Trinajstić information content (AvgIpc) is 2.65. The van der Waals surface area contributed by atoms with Crippen LogP contribution in [0.4, 0.5) is 11.5 Å². The number of rotatable bonds is 9. The summed E-state index contributed by atoms with van der Waals surface area (Å²) in [5.74, 6) is 0.176. The van der Waals surface area contributed by atoms with E-state index in [1.807, 2.05) is 27.7 Å². The van der Waals surface area contributed by atoms with Crippen LogP contribution in [0.25, 0.3) is 0 Å². The number of hydrogen-bond donors (Lipinski definition) is 3. The van der Waals surface area contributed by atoms with Crippen molar-refractivity contribution < 1.29 is 4.79 Å². The zero-order valence-corrected chi connectivity index (χ0v) is 19.9. The normalized spacial score (nSPS) is 15.9. The molecule has 0 bridgehead atoms. The summed E-state index contributed by atoms with van der Waals surface area (Å²) in [7, 11) is 0. The molecular weight excluding hydrogens is 396 g/mol. The zero-order chi connectivity index (χ0) is 23.3. The van der Waals surface area contributed by atoms with Gasteiger partial charge in [0.2, 0.25) is 5.91 Å². The first-order chi connectivity index (χ1) is 14.5. The maximum atomic E-state index is 13.3. The lowest BCUT2D eigenvalue weighted by Gasteiger charge is -2.34. The Morgan fingerprint density at radius 2 is 1.74 bits per heavy atom. The highest BCUT2D eigenvalue weighted by atomic mass is 16.2. The van der Waals surface area contributed by atoms with E-state index in [0.717, 1.165) is 25.9 Å². The van der Waals surface area contributed by atoms with Gasteiger partial charge in [-0.15, -0.1) is 0 Å². The lowest BCUT2D eigenvalue weighted by molar-refractivity contribution is -0.120. The number of hydrogen-bond acceptors (Lipinski definition) is 6. The molecule has 1 aromatic rings. The summed E-state index contributed by atoms with van der Waals surface area (Å²) in [5.41, 5.74) is 5.19. The molecule has 1 aliphatic heterocycles. The highest BCUT2D eigenvalue weighted by Crippen LogP contribution is 2.20. The summed E-state index contributed by atoms with van der Waals surface area (Å²) in [6.07, 6.45) is 1.97. The Morgan fingerprint density at radius 1 is 1.13 bits per heavy atom. The molecule has 1 amide bonds. The molecule has 9 heteroatoms. The Balaban J connectivity index is 2.25. The number of anilines is 2. The quantitative estimate of drug-likeness (QED) is 0.536. The van der Waals surface area contributed by atoms with Gasteiger partial charge in [-0.2, -0.15) is 0 Å². The Morgan fingerprint density at radius 3 is 2.26 bits per heavy atom. The van der Waals surface area contributed by atoms with Crippen molar-refractivity contribution in [3.63, 3.8) is 0 Å². The molecule has 4 N–H and O–H groups in total. The van der Waals surface area contributed by atoms with E-state index >= 15 is 0 Å². The van der Waals surface area contributed by atoms with Crippen molar-refractivity contribution in [2.45, 2.75) is 73.0 Å². The summed E-state index contributed by atoms with van der Waals surface area (Å²) in [6, 6.07) is 0.909. The van der Waals surface area contributed by atoms with Crippen LogP contribution in [0.3, 0.4) is 0 Å². The molecule has 1 aliphatic rings. The first kappa shape index (κ1) is 25.1. The second kappa shape index (κ2) is 10.9. The first-order valence-electron chi connectivity index (χ1n) is 11.4. The Labute approximate surface area is 185 Å². The Bertz CT molecular complexity index is 850. The van der Waals surface area contributed by atoms with Gasteiger partial charge in [-0.05, 0) is 24.7 Å². The van der Waals surface area contributed by atoms with Crippen LogP contribution in [0.5, 0.6) is 0 Å². The molecule has 2 heterocycles. The van der Waals surface area contributed by atoms with Gasteiger partial charge in [-0.3, -0.25) is 24.0 Å². The number of carbonyl (C=O) groups is 1. The maximum Gasteiger partial charge on any atom is 0.330 e. The van der Waals surface area contributed by atoms with E-state index in [-0.39, 0.29) is 35.8 Å². The smallest absolute Gasteiger partial charge is 0.330 e. The number of likely N-dealkylation sites (tertiary alicyclic amines) is 1. The number of amides is 1. The van der Waals surface area contributed by atoms with Gasteiger partial charge in [-0.1, -0.05) is 41.5 Å². The fraction of sp³-hybridized carbons (Fsp3) is 0.773. The third kappa shape index (κ3) is 6.93. The summed E-state index contributed by atoms with van der Waals surface area (Å²) < 4.78 is 1.35. The minimum absolute atomic E-state index is 0.0521. The number of aromatic nitrogens is 2. The van der Waals surface area contributed by atoms with E-state index in [1.54, 1.807) is 0 Å². The highest BCUT2D eigenvalue weighted by Gasteiger charge is 2.28. The molecule has 0 unspecified atom stereocenters. The molecule has 0 radical (unpaired) electrons. The minimum Gasteiger partial charge on any atom is -0.383 e. The summed E-state index contributed by atoms with van der Waals surface area (Å²) in [5, 5.41) is 3.56. The molecule has 2 rings (SSSR count). The molecule has 0 saturated carbocycles. The molecular formula is C22H40N6O3. The molecule has 0 atom stereocenters. The number of nitrogens with one attached hydrogen (secondary N) is 2. The maximum absolute atomic E-state index is 13.3. The molecule has 1 saturated heterocycles. The molecule has 0 spiro atoms. The third-order valence-electron chi connectivity index (χ3n) is 5.40. The van der Waals surface area contributed by atoms with Crippen LogP contribution >= 0.6 is 0 Å². The number of nitrogens with two attached hydrogens (primary N) is 1. The predicted octanol–water partition coefficient (Wildman–Crippen LogP) is 1.23. The summed E-state index contributed by atoms with van der Waals surface area (Å²) >= 11 is 0. The average molecular weight is 437 g/mol. The van der Waals surface area contributed by atoms with Crippen molar-refractivity contribution in [2.24, 2.45) is 11.8 Å². The lowest BCUT2D eigenvalue weighted by Crippen LogP contribution is -2.50. The van der Waals surface area contributed by atoms with Gasteiger partial charge in [0.1, 0.15) is 5.82 Å². The SMILES string of the molecule is CC(C)CN(C(=O)CN1CCC(NC(C)C)CC1)c1c(N)n(CC(C)C)c(=O)[nH]c1=O. The molecule has 1 aromatic heterocycles. The second-order valence-corrected chi connectivity index (χ2v) is 9.77. The van der Waals surface area contributed by atoms with Crippen LogP contribution in [0.2, 0.25) is 0 Å². The molecule has 9 nitrogen and oxygen atoms in total. The number of carbonyl (C=O) groups excluding carboxylic acids is 1. The number of nitrogen functional groups attached to an aromatic ring is 1. The molecule has 176 valence electrons. The fourth-order valence-corrected chi connectivity index (χ4v) is 4.07. The second-order valence-electron chi connectivity index (χ2n) is 9.77.